The summed E-state index contributed by atoms with van der Waals surface area (Å²) in [5.74, 6) is 0.845. The van der Waals surface area contributed by atoms with Gasteiger partial charge >= 0.3 is 0 Å². The fourth-order valence-corrected chi connectivity index (χ4v) is 3.89. The molecule has 1 heterocycles. The van der Waals surface area contributed by atoms with Crippen LogP contribution in [-0.4, -0.2) is 16.8 Å². The van der Waals surface area contributed by atoms with E-state index in [4.69, 9.17) is 5.73 Å². The number of nitrogens with zero attached hydrogens (tertiary/aromatic N) is 1. The molecule has 0 saturated heterocycles. The van der Waals surface area contributed by atoms with Crippen LogP contribution in [0.4, 0.5) is 5.69 Å². The number of amidine groups is 1. The van der Waals surface area contributed by atoms with Gasteiger partial charge in [0, 0.05) is 17.0 Å². The van der Waals surface area contributed by atoms with E-state index < -0.39 is 0 Å². The molecule has 2 aromatic carbocycles. The van der Waals surface area contributed by atoms with Gasteiger partial charge in [0.2, 0.25) is 0 Å². The molecule has 25 heavy (non-hydrogen) atoms. The summed E-state index contributed by atoms with van der Waals surface area (Å²) in [6.07, 6.45) is 0.924. The first kappa shape index (κ1) is 17.5. The van der Waals surface area contributed by atoms with E-state index >= 15 is 0 Å². The van der Waals surface area contributed by atoms with E-state index in [9.17, 15) is 4.79 Å². The molecule has 0 aromatic heterocycles. The van der Waals surface area contributed by atoms with Crippen molar-refractivity contribution >= 4 is 28.5 Å². The summed E-state index contributed by atoms with van der Waals surface area (Å²) in [5, 5.41) is 3.61. The van der Waals surface area contributed by atoms with E-state index in [0.717, 1.165) is 29.0 Å². The van der Waals surface area contributed by atoms with Gasteiger partial charge in [-0.2, -0.15) is 0 Å². The second-order valence-electron chi connectivity index (χ2n) is 6.66. The normalized spacial score (nSPS) is 20.0. The SMILES string of the molecule is Cc1ccc(C(=O)Nc2cccc(C3(C)CCSC(N)=N3)c2)cc1C. The Balaban J connectivity index is 1.83. The maximum absolute atomic E-state index is 12.5. The number of benzene rings is 2. The summed E-state index contributed by atoms with van der Waals surface area (Å²) in [6.45, 7) is 6.14. The number of rotatable bonds is 3. The molecule has 0 spiro atoms. The number of hydrogen-bond donors (Lipinski definition) is 2. The summed E-state index contributed by atoms with van der Waals surface area (Å²) in [7, 11) is 0. The van der Waals surface area contributed by atoms with E-state index in [1.807, 2.05) is 56.3 Å². The van der Waals surface area contributed by atoms with Gasteiger partial charge in [-0.3, -0.25) is 9.79 Å². The lowest BCUT2D eigenvalue weighted by Gasteiger charge is -2.30. The highest BCUT2D eigenvalue weighted by Crippen LogP contribution is 2.35. The van der Waals surface area contributed by atoms with Crippen LogP contribution >= 0.6 is 11.8 Å². The lowest BCUT2D eigenvalue weighted by atomic mass is 9.89. The first-order valence-electron chi connectivity index (χ1n) is 8.35. The van der Waals surface area contributed by atoms with Crippen LogP contribution in [0.2, 0.25) is 0 Å². The molecule has 1 aliphatic rings. The van der Waals surface area contributed by atoms with Crippen LogP contribution in [0.3, 0.4) is 0 Å². The van der Waals surface area contributed by atoms with Crippen LogP contribution in [-0.2, 0) is 5.54 Å². The molecule has 1 aliphatic heterocycles. The molecule has 0 saturated carbocycles. The highest BCUT2D eigenvalue weighted by molar-refractivity contribution is 8.13. The predicted molar refractivity (Wildman–Crippen MR) is 106 cm³/mol. The Morgan fingerprint density at radius 1 is 1.20 bits per heavy atom. The highest BCUT2D eigenvalue weighted by Gasteiger charge is 2.29. The molecule has 0 radical (unpaired) electrons. The first-order valence-corrected chi connectivity index (χ1v) is 9.33. The average Bonchev–Trinajstić information content (AvgIpc) is 2.57. The van der Waals surface area contributed by atoms with Gasteiger partial charge in [-0.15, -0.1) is 0 Å². The number of carbonyl (C=O) groups is 1. The second kappa shape index (κ2) is 6.92. The molecule has 3 N–H and O–H groups in total. The van der Waals surface area contributed by atoms with Crippen molar-refractivity contribution in [2.45, 2.75) is 32.7 Å². The number of nitrogens with one attached hydrogen (secondary N) is 1. The lowest BCUT2D eigenvalue weighted by Crippen LogP contribution is -2.28. The van der Waals surface area contributed by atoms with Crippen molar-refractivity contribution in [2.24, 2.45) is 10.7 Å². The van der Waals surface area contributed by atoms with Gasteiger partial charge in [0.15, 0.2) is 5.17 Å². The summed E-state index contributed by atoms with van der Waals surface area (Å²) < 4.78 is 0. The van der Waals surface area contributed by atoms with Gasteiger partial charge in [-0.25, -0.2) is 0 Å². The Morgan fingerprint density at radius 2 is 2.00 bits per heavy atom. The smallest absolute Gasteiger partial charge is 0.255 e. The Bertz CT molecular complexity index is 847. The summed E-state index contributed by atoms with van der Waals surface area (Å²) in [6, 6.07) is 13.6. The minimum atomic E-state index is -0.337. The molecule has 130 valence electrons. The zero-order valence-corrected chi connectivity index (χ0v) is 15.6. The van der Waals surface area contributed by atoms with E-state index in [2.05, 4.69) is 17.2 Å². The molecule has 5 heteroatoms. The number of thioether (sulfide) groups is 1. The van der Waals surface area contributed by atoms with Crippen LogP contribution in [0.1, 0.15) is 40.4 Å². The Kier molecular flexibility index (Phi) is 4.86. The van der Waals surface area contributed by atoms with E-state index in [-0.39, 0.29) is 11.4 Å². The number of carbonyl (C=O) groups excluding carboxylic acids is 1. The van der Waals surface area contributed by atoms with Crippen molar-refractivity contribution in [3.8, 4) is 0 Å². The fourth-order valence-electron chi connectivity index (χ4n) is 2.91. The van der Waals surface area contributed by atoms with Gasteiger partial charge in [0.25, 0.3) is 5.91 Å². The molecule has 0 aliphatic carbocycles. The Labute approximate surface area is 152 Å². The third-order valence-corrected chi connectivity index (χ3v) is 5.50. The Hall–Kier alpha value is -2.27. The largest absolute Gasteiger partial charge is 0.379 e. The number of anilines is 1. The number of amides is 1. The third kappa shape index (κ3) is 3.87. The van der Waals surface area contributed by atoms with Gasteiger partial charge in [0.05, 0.1) is 5.54 Å². The average molecular weight is 353 g/mol. The van der Waals surface area contributed by atoms with E-state index in [1.165, 1.54) is 5.56 Å². The zero-order chi connectivity index (χ0) is 18.0. The first-order chi connectivity index (χ1) is 11.9. The van der Waals surface area contributed by atoms with Crippen molar-refractivity contribution in [1.82, 2.24) is 0 Å². The van der Waals surface area contributed by atoms with Gasteiger partial charge in [-0.1, -0.05) is 30.0 Å². The number of nitrogens with two attached hydrogens (primary N) is 1. The van der Waals surface area contributed by atoms with Crippen LogP contribution in [0.25, 0.3) is 0 Å². The predicted octanol–water partition coefficient (Wildman–Crippen LogP) is 4.22. The monoisotopic (exact) mass is 353 g/mol. The van der Waals surface area contributed by atoms with Crippen LogP contribution < -0.4 is 11.1 Å². The minimum absolute atomic E-state index is 0.104. The van der Waals surface area contributed by atoms with Crippen molar-refractivity contribution in [3.05, 3.63) is 64.7 Å². The minimum Gasteiger partial charge on any atom is -0.379 e. The topological polar surface area (TPSA) is 67.5 Å². The molecule has 3 rings (SSSR count). The highest BCUT2D eigenvalue weighted by atomic mass is 32.2. The number of hydrogen-bond acceptors (Lipinski definition) is 4. The molecule has 2 aromatic rings. The van der Waals surface area contributed by atoms with E-state index in [1.54, 1.807) is 11.8 Å². The molecule has 4 nitrogen and oxygen atoms in total. The van der Waals surface area contributed by atoms with Crippen LogP contribution in [0.15, 0.2) is 47.5 Å². The molecule has 0 bridgehead atoms. The molecule has 1 atom stereocenters. The standard InChI is InChI=1S/C20H23N3OS/c1-13-7-8-15(11-14(13)2)18(24)22-17-6-4-5-16(12-17)20(3)9-10-25-19(21)23-20/h4-8,11-12H,9-10H2,1-3H3,(H2,21,23)(H,22,24). The number of aryl methyl sites for hydroxylation is 2. The van der Waals surface area contributed by atoms with Crippen molar-refractivity contribution in [2.75, 3.05) is 11.1 Å². The van der Waals surface area contributed by atoms with Crippen molar-refractivity contribution in [1.29, 1.82) is 0 Å². The Morgan fingerprint density at radius 3 is 2.72 bits per heavy atom. The fraction of sp³-hybridized carbons (Fsp3) is 0.300. The van der Waals surface area contributed by atoms with Crippen molar-refractivity contribution < 1.29 is 4.79 Å². The van der Waals surface area contributed by atoms with Crippen LogP contribution in [0, 0.1) is 13.8 Å². The van der Waals surface area contributed by atoms with Crippen molar-refractivity contribution in [3.63, 3.8) is 0 Å². The second-order valence-corrected chi connectivity index (χ2v) is 7.77. The number of aliphatic imine (C=N–C) groups is 1. The summed E-state index contributed by atoms with van der Waals surface area (Å²) >= 11 is 1.59. The third-order valence-electron chi connectivity index (χ3n) is 4.71. The van der Waals surface area contributed by atoms with Gasteiger partial charge in [-0.05, 0) is 68.1 Å². The molecule has 1 unspecified atom stereocenters. The van der Waals surface area contributed by atoms with Gasteiger partial charge < -0.3 is 11.1 Å². The quantitative estimate of drug-likeness (QED) is 0.868. The molecule has 0 fully saturated rings. The lowest BCUT2D eigenvalue weighted by molar-refractivity contribution is 0.102. The molecular formula is C20H23N3OS. The molecule has 1 amide bonds. The molecular weight excluding hydrogens is 330 g/mol. The van der Waals surface area contributed by atoms with Crippen LogP contribution in [0.5, 0.6) is 0 Å². The summed E-state index contributed by atoms with van der Waals surface area (Å²) in [5.41, 5.74) is 10.4. The van der Waals surface area contributed by atoms with E-state index in [0.29, 0.717) is 10.7 Å². The maximum Gasteiger partial charge on any atom is 0.255 e. The summed E-state index contributed by atoms with van der Waals surface area (Å²) in [4.78, 5) is 17.2. The zero-order valence-electron chi connectivity index (χ0n) is 14.8. The van der Waals surface area contributed by atoms with Gasteiger partial charge in [0.1, 0.15) is 0 Å². The maximum atomic E-state index is 12.5.